The van der Waals surface area contributed by atoms with Crippen LogP contribution in [0.5, 0.6) is 0 Å². The normalized spacial score (nSPS) is 11.4. The standard InChI is InChI=1S/C15H24N2OS/c1-12(18)17-13-6-8-14(9-7-13)19-11-5-10-16-15(2,3)4/h6-9,16H,5,10-11H2,1-4H3,(H,17,18). The van der Waals surface area contributed by atoms with E-state index in [0.29, 0.717) is 0 Å². The van der Waals surface area contributed by atoms with Gasteiger partial charge in [-0.1, -0.05) is 0 Å². The number of carbonyl (C=O) groups excluding carboxylic acids is 1. The Bertz CT molecular complexity index is 396. The Labute approximate surface area is 120 Å². The summed E-state index contributed by atoms with van der Waals surface area (Å²) in [6.07, 6.45) is 1.15. The molecule has 0 aromatic heterocycles. The van der Waals surface area contributed by atoms with Crippen molar-refractivity contribution in [1.29, 1.82) is 0 Å². The number of thioether (sulfide) groups is 1. The average molecular weight is 280 g/mol. The van der Waals surface area contributed by atoms with Crippen LogP contribution in [-0.4, -0.2) is 23.7 Å². The van der Waals surface area contributed by atoms with Gasteiger partial charge in [0.15, 0.2) is 0 Å². The highest BCUT2D eigenvalue weighted by atomic mass is 32.2. The lowest BCUT2D eigenvalue weighted by Crippen LogP contribution is -2.36. The number of carbonyl (C=O) groups is 1. The van der Waals surface area contributed by atoms with E-state index in [-0.39, 0.29) is 11.4 Å². The fraction of sp³-hybridized carbons (Fsp3) is 0.533. The van der Waals surface area contributed by atoms with Gasteiger partial charge in [-0.05, 0) is 63.8 Å². The number of anilines is 1. The second-order valence-electron chi connectivity index (χ2n) is 5.58. The van der Waals surface area contributed by atoms with Gasteiger partial charge < -0.3 is 10.6 Å². The lowest BCUT2D eigenvalue weighted by Gasteiger charge is -2.20. The van der Waals surface area contributed by atoms with Crippen LogP contribution in [0.3, 0.4) is 0 Å². The van der Waals surface area contributed by atoms with Gasteiger partial charge >= 0.3 is 0 Å². The molecular formula is C15H24N2OS. The van der Waals surface area contributed by atoms with E-state index in [4.69, 9.17) is 0 Å². The van der Waals surface area contributed by atoms with Gasteiger partial charge in [0.05, 0.1) is 0 Å². The monoisotopic (exact) mass is 280 g/mol. The molecule has 0 bridgehead atoms. The topological polar surface area (TPSA) is 41.1 Å². The summed E-state index contributed by atoms with van der Waals surface area (Å²) in [5.74, 6) is 1.07. The third-order valence-corrected chi connectivity index (χ3v) is 3.52. The van der Waals surface area contributed by atoms with Gasteiger partial charge in [-0.2, -0.15) is 0 Å². The summed E-state index contributed by atoms with van der Waals surface area (Å²) in [6, 6.07) is 7.98. The molecule has 0 saturated heterocycles. The van der Waals surface area contributed by atoms with Crippen LogP contribution in [0.25, 0.3) is 0 Å². The van der Waals surface area contributed by atoms with Crippen LogP contribution in [0.2, 0.25) is 0 Å². The van der Waals surface area contributed by atoms with Gasteiger partial charge in [0.2, 0.25) is 5.91 Å². The van der Waals surface area contributed by atoms with Crippen molar-refractivity contribution in [3.63, 3.8) is 0 Å². The largest absolute Gasteiger partial charge is 0.326 e. The molecule has 0 aliphatic carbocycles. The van der Waals surface area contributed by atoms with Crippen LogP contribution in [0, 0.1) is 0 Å². The van der Waals surface area contributed by atoms with Crippen molar-refractivity contribution < 1.29 is 4.79 Å². The quantitative estimate of drug-likeness (QED) is 0.619. The van der Waals surface area contributed by atoms with Crippen LogP contribution in [0.4, 0.5) is 5.69 Å². The molecule has 19 heavy (non-hydrogen) atoms. The van der Waals surface area contributed by atoms with E-state index < -0.39 is 0 Å². The molecule has 1 rings (SSSR count). The Morgan fingerprint density at radius 3 is 2.37 bits per heavy atom. The van der Waals surface area contributed by atoms with E-state index in [1.54, 1.807) is 0 Å². The highest BCUT2D eigenvalue weighted by molar-refractivity contribution is 7.99. The number of rotatable bonds is 6. The molecule has 3 nitrogen and oxygen atoms in total. The summed E-state index contributed by atoms with van der Waals surface area (Å²) in [7, 11) is 0. The molecule has 0 aliphatic heterocycles. The van der Waals surface area contributed by atoms with Crippen LogP contribution < -0.4 is 10.6 Å². The van der Waals surface area contributed by atoms with Gasteiger partial charge in [-0.25, -0.2) is 0 Å². The Kier molecular flexibility index (Phi) is 6.38. The number of hydrogen-bond donors (Lipinski definition) is 2. The molecular weight excluding hydrogens is 256 g/mol. The first-order chi connectivity index (χ1) is 8.87. The van der Waals surface area contributed by atoms with E-state index >= 15 is 0 Å². The fourth-order valence-electron chi connectivity index (χ4n) is 1.56. The predicted molar refractivity (Wildman–Crippen MR) is 83.8 cm³/mol. The summed E-state index contributed by atoms with van der Waals surface area (Å²) in [5.41, 5.74) is 1.05. The first kappa shape index (κ1) is 16.1. The highest BCUT2D eigenvalue weighted by Gasteiger charge is 2.07. The van der Waals surface area contributed by atoms with Crippen molar-refractivity contribution in [2.75, 3.05) is 17.6 Å². The number of hydrogen-bond acceptors (Lipinski definition) is 3. The smallest absolute Gasteiger partial charge is 0.221 e. The van der Waals surface area contributed by atoms with Crippen molar-refractivity contribution in [3.8, 4) is 0 Å². The molecule has 1 amide bonds. The Balaban J connectivity index is 2.25. The second kappa shape index (κ2) is 7.56. The van der Waals surface area contributed by atoms with Crippen molar-refractivity contribution in [2.45, 2.75) is 44.6 Å². The highest BCUT2D eigenvalue weighted by Crippen LogP contribution is 2.20. The zero-order chi connectivity index (χ0) is 14.3. The summed E-state index contributed by atoms with van der Waals surface area (Å²) < 4.78 is 0. The number of amides is 1. The van der Waals surface area contributed by atoms with Crippen LogP contribution >= 0.6 is 11.8 Å². The molecule has 0 fully saturated rings. The maximum atomic E-state index is 10.9. The third kappa shape index (κ3) is 7.90. The molecule has 0 heterocycles. The molecule has 4 heteroatoms. The molecule has 1 aromatic carbocycles. The molecule has 2 N–H and O–H groups in total. The molecule has 106 valence electrons. The SMILES string of the molecule is CC(=O)Nc1ccc(SCCCNC(C)(C)C)cc1. The van der Waals surface area contributed by atoms with Gasteiger partial charge in [-0.3, -0.25) is 4.79 Å². The first-order valence-electron chi connectivity index (χ1n) is 6.62. The van der Waals surface area contributed by atoms with Crippen LogP contribution in [0.15, 0.2) is 29.2 Å². The third-order valence-electron chi connectivity index (χ3n) is 2.42. The van der Waals surface area contributed by atoms with Crippen LogP contribution in [-0.2, 0) is 4.79 Å². The number of nitrogens with one attached hydrogen (secondary N) is 2. The molecule has 0 atom stereocenters. The van der Waals surface area contributed by atoms with Gasteiger partial charge in [0, 0.05) is 23.0 Å². The predicted octanol–water partition coefficient (Wildman–Crippen LogP) is 3.52. The summed E-state index contributed by atoms with van der Waals surface area (Å²) >= 11 is 1.85. The maximum Gasteiger partial charge on any atom is 0.221 e. The maximum absolute atomic E-state index is 10.9. The molecule has 1 aromatic rings. The van der Waals surface area contributed by atoms with Gasteiger partial charge in [0.25, 0.3) is 0 Å². The van der Waals surface area contributed by atoms with Crippen molar-refractivity contribution >= 4 is 23.4 Å². The lowest BCUT2D eigenvalue weighted by molar-refractivity contribution is -0.114. The van der Waals surface area contributed by atoms with Gasteiger partial charge in [-0.15, -0.1) is 11.8 Å². The van der Waals surface area contributed by atoms with Crippen molar-refractivity contribution in [2.24, 2.45) is 0 Å². The Morgan fingerprint density at radius 2 is 1.84 bits per heavy atom. The van der Waals surface area contributed by atoms with Gasteiger partial charge in [0.1, 0.15) is 0 Å². The fourth-order valence-corrected chi connectivity index (χ4v) is 2.42. The van der Waals surface area contributed by atoms with E-state index in [1.165, 1.54) is 11.8 Å². The second-order valence-corrected chi connectivity index (χ2v) is 6.75. The number of benzene rings is 1. The van der Waals surface area contributed by atoms with E-state index in [1.807, 2.05) is 36.0 Å². The summed E-state index contributed by atoms with van der Waals surface area (Å²) in [4.78, 5) is 12.1. The minimum absolute atomic E-state index is 0.0337. The molecule has 0 unspecified atom stereocenters. The van der Waals surface area contributed by atoms with E-state index in [0.717, 1.165) is 24.4 Å². The van der Waals surface area contributed by atoms with Crippen molar-refractivity contribution in [3.05, 3.63) is 24.3 Å². The Hall–Kier alpha value is -1.00. The average Bonchev–Trinajstić information content (AvgIpc) is 2.28. The molecule has 0 aliphatic rings. The van der Waals surface area contributed by atoms with E-state index in [9.17, 15) is 4.79 Å². The van der Waals surface area contributed by atoms with Crippen molar-refractivity contribution in [1.82, 2.24) is 5.32 Å². The first-order valence-corrected chi connectivity index (χ1v) is 7.61. The van der Waals surface area contributed by atoms with E-state index in [2.05, 4.69) is 31.4 Å². The summed E-state index contributed by atoms with van der Waals surface area (Å²) in [5, 5.41) is 6.24. The molecule has 0 radical (unpaired) electrons. The summed E-state index contributed by atoms with van der Waals surface area (Å²) in [6.45, 7) is 9.11. The minimum Gasteiger partial charge on any atom is -0.326 e. The zero-order valence-electron chi connectivity index (χ0n) is 12.2. The van der Waals surface area contributed by atoms with Crippen LogP contribution in [0.1, 0.15) is 34.1 Å². The Morgan fingerprint density at radius 1 is 1.21 bits per heavy atom. The minimum atomic E-state index is -0.0337. The zero-order valence-corrected chi connectivity index (χ0v) is 13.1. The molecule has 0 saturated carbocycles. The lowest BCUT2D eigenvalue weighted by atomic mass is 10.1. The molecule has 0 spiro atoms.